The highest BCUT2D eigenvalue weighted by Crippen LogP contribution is 2.15. The minimum Gasteiger partial charge on any atom is -0.379 e. The van der Waals surface area contributed by atoms with Gasteiger partial charge in [-0.1, -0.05) is 29.8 Å². The number of hydrogen-bond acceptors (Lipinski definition) is 3. The van der Waals surface area contributed by atoms with Crippen molar-refractivity contribution in [3.05, 3.63) is 35.4 Å². The number of aryl methyl sites for hydroxylation is 1. The molecule has 19 heavy (non-hydrogen) atoms. The predicted octanol–water partition coefficient (Wildman–Crippen LogP) is 2.41. The molecule has 1 aromatic rings. The van der Waals surface area contributed by atoms with Gasteiger partial charge in [-0.2, -0.15) is 0 Å². The maximum Gasteiger partial charge on any atom is 0.0620 e. The Bertz CT molecular complexity index is 371. The lowest BCUT2D eigenvalue weighted by Gasteiger charge is -2.28. The fourth-order valence-corrected chi connectivity index (χ4v) is 2.64. The molecule has 106 valence electrons. The van der Waals surface area contributed by atoms with Gasteiger partial charge in [-0.05, 0) is 32.8 Å². The van der Waals surface area contributed by atoms with E-state index in [2.05, 4.69) is 55.7 Å². The van der Waals surface area contributed by atoms with Crippen LogP contribution in [0.1, 0.15) is 37.4 Å². The van der Waals surface area contributed by atoms with E-state index in [4.69, 9.17) is 4.74 Å². The third-order valence-electron chi connectivity index (χ3n) is 3.75. The molecule has 1 aliphatic rings. The van der Waals surface area contributed by atoms with Crippen LogP contribution in [0.4, 0.5) is 0 Å². The largest absolute Gasteiger partial charge is 0.379 e. The molecule has 0 amide bonds. The zero-order valence-corrected chi connectivity index (χ0v) is 12.3. The van der Waals surface area contributed by atoms with Gasteiger partial charge in [0, 0.05) is 24.7 Å². The number of rotatable bonds is 5. The van der Waals surface area contributed by atoms with Crippen LogP contribution in [-0.4, -0.2) is 31.8 Å². The Morgan fingerprint density at radius 3 is 2.68 bits per heavy atom. The monoisotopic (exact) mass is 262 g/mol. The SMILES string of the molecule is Cc1ccc([C@@H](C)NC(C)CC2COCCN2)cc1. The fraction of sp³-hybridized carbons (Fsp3) is 0.625. The summed E-state index contributed by atoms with van der Waals surface area (Å²) in [5.41, 5.74) is 2.66. The Balaban J connectivity index is 1.80. The van der Waals surface area contributed by atoms with Crippen LogP contribution in [-0.2, 0) is 4.74 Å². The molecular formula is C16H26N2O. The first-order chi connectivity index (χ1) is 9.15. The van der Waals surface area contributed by atoms with Crippen molar-refractivity contribution < 1.29 is 4.74 Å². The molecule has 1 heterocycles. The first-order valence-corrected chi connectivity index (χ1v) is 7.29. The highest BCUT2D eigenvalue weighted by atomic mass is 16.5. The van der Waals surface area contributed by atoms with Crippen LogP contribution in [0, 0.1) is 6.92 Å². The van der Waals surface area contributed by atoms with Crippen LogP contribution < -0.4 is 10.6 Å². The Morgan fingerprint density at radius 1 is 1.32 bits per heavy atom. The number of morpholine rings is 1. The van der Waals surface area contributed by atoms with Gasteiger partial charge in [0.2, 0.25) is 0 Å². The van der Waals surface area contributed by atoms with Gasteiger partial charge in [-0.15, -0.1) is 0 Å². The van der Waals surface area contributed by atoms with E-state index < -0.39 is 0 Å². The van der Waals surface area contributed by atoms with Crippen molar-refractivity contribution in [3.63, 3.8) is 0 Å². The quantitative estimate of drug-likeness (QED) is 0.855. The number of ether oxygens (including phenoxy) is 1. The molecule has 2 unspecified atom stereocenters. The molecular weight excluding hydrogens is 236 g/mol. The van der Waals surface area contributed by atoms with Crippen LogP contribution in [0.15, 0.2) is 24.3 Å². The second kappa shape index (κ2) is 7.04. The normalized spacial score (nSPS) is 23.0. The molecule has 0 saturated carbocycles. The van der Waals surface area contributed by atoms with Gasteiger partial charge in [-0.25, -0.2) is 0 Å². The van der Waals surface area contributed by atoms with Crippen molar-refractivity contribution in [2.75, 3.05) is 19.8 Å². The van der Waals surface area contributed by atoms with Crippen LogP contribution in [0.2, 0.25) is 0 Å². The average molecular weight is 262 g/mol. The number of benzene rings is 1. The lowest BCUT2D eigenvalue weighted by atomic mass is 10.0. The molecule has 3 nitrogen and oxygen atoms in total. The Morgan fingerprint density at radius 2 is 2.05 bits per heavy atom. The van der Waals surface area contributed by atoms with Crippen LogP contribution >= 0.6 is 0 Å². The number of nitrogens with one attached hydrogen (secondary N) is 2. The maximum absolute atomic E-state index is 5.50. The first-order valence-electron chi connectivity index (χ1n) is 7.29. The van der Waals surface area contributed by atoms with Crippen LogP contribution in [0.3, 0.4) is 0 Å². The summed E-state index contributed by atoms with van der Waals surface area (Å²) in [7, 11) is 0. The molecule has 2 N–H and O–H groups in total. The van der Waals surface area contributed by atoms with Crippen molar-refractivity contribution in [2.24, 2.45) is 0 Å². The Labute approximate surface area is 116 Å². The lowest BCUT2D eigenvalue weighted by Crippen LogP contribution is -2.45. The molecule has 0 aromatic heterocycles. The highest BCUT2D eigenvalue weighted by Gasteiger charge is 2.17. The molecule has 3 heteroatoms. The van der Waals surface area contributed by atoms with Crippen LogP contribution in [0.25, 0.3) is 0 Å². The predicted molar refractivity (Wildman–Crippen MR) is 79.4 cm³/mol. The van der Waals surface area contributed by atoms with Crippen molar-refractivity contribution >= 4 is 0 Å². The van der Waals surface area contributed by atoms with E-state index in [1.807, 2.05) is 0 Å². The fourth-order valence-electron chi connectivity index (χ4n) is 2.64. The standard InChI is InChI=1S/C16H26N2O/c1-12-4-6-15(7-5-12)14(3)18-13(2)10-16-11-19-9-8-17-16/h4-7,13-14,16-18H,8-11H2,1-3H3/t13?,14-,16?/m1/s1. The van der Waals surface area contributed by atoms with E-state index in [1.165, 1.54) is 11.1 Å². The second-order valence-corrected chi connectivity index (χ2v) is 5.66. The summed E-state index contributed by atoms with van der Waals surface area (Å²) in [4.78, 5) is 0. The van der Waals surface area contributed by atoms with Gasteiger partial charge in [0.15, 0.2) is 0 Å². The first kappa shape index (κ1) is 14.5. The van der Waals surface area contributed by atoms with Gasteiger partial charge in [-0.3, -0.25) is 0 Å². The maximum atomic E-state index is 5.50. The van der Waals surface area contributed by atoms with Crippen molar-refractivity contribution in [1.29, 1.82) is 0 Å². The molecule has 0 aliphatic carbocycles. The molecule has 0 spiro atoms. The summed E-state index contributed by atoms with van der Waals surface area (Å²) in [6, 6.07) is 10.1. The van der Waals surface area contributed by atoms with Gasteiger partial charge in [0.25, 0.3) is 0 Å². The van der Waals surface area contributed by atoms with E-state index in [9.17, 15) is 0 Å². The minimum absolute atomic E-state index is 0.389. The van der Waals surface area contributed by atoms with Crippen molar-refractivity contribution in [2.45, 2.75) is 45.3 Å². The van der Waals surface area contributed by atoms with Gasteiger partial charge in [0.1, 0.15) is 0 Å². The highest BCUT2D eigenvalue weighted by molar-refractivity contribution is 5.23. The smallest absolute Gasteiger partial charge is 0.0620 e. The third kappa shape index (κ3) is 4.60. The summed E-state index contributed by atoms with van der Waals surface area (Å²) in [6.45, 7) is 9.26. The summed E-state index contributed by atoms with van der Waals surface area (Å²) < 4.78 is 5.50. The summed E-state index contributed by atoms with van der Waals surface area (Å²) in [6.07, 6.45) is 1.11. The lowest BCUT2D eigenvalue weighted by molar-refractivity contribution is 0.0708. The Kier molecular flexibility index (Phi) is 5.37. The van der Waals surface area contributed by atoms with Crippen LogP contribution in [0.5, 0.6) is 0 Å². The van der Waals surface area contributed by atoms with Crippen molar-refractivity contribution in [1.82, 2.24) is 10.6 Å². The number of hydrogen-bond donors (Lipinski definition) is 2. The molecule has 1 aromatic carbocycles. The zero-order valence-electron chi connectivity index (χ0n) is 12.3. The second-order valence-electron chi connectivity index (χ2n) is 5.66. The van der Waals surface area contributed by atoms with E-state index in [0.29, 0.717) is 18.1 Å². The molecule has 1 fully saturated rings. The van der Waals surface area contributed by atoms with E-state index >= 15 is 0 Å². The minimum atomic E-state index is 0.389. The molecule has 1 saturated heterocycles. The zero-order chi connectivity index (χ0) is 13.7. The summed E-state index contributed by atoms with van der Waals surface area (Å²) >= 11 is 0. The Hall–Kier alpha value is -0.900. The van der Waals surface area contributed by atoms with E-state index in [1.54, 1.807) is 0 Å². The van der Waals surface area contributed by atoms with Gasteiger partial charge >= 0.3 is 0 Å². The molecule has 0 radical (unpaired) electrons. The summed E-state index contributed by atoms with van der Waals surface area (Å²) in [5.74, 6) is 0. The van der Waals surface area contributed by atoms with Gasteiger partial charge in [0.05, 0.1) is 13.2 Å². The molecule has 0 bridgehead atoms. The molecule has 2 rings (SSSR count). The van der Waals surface area contributed by atoms with Gasteiger partial charge < -0.3 is 15.4 Å². The van der Waals surface area contributed by atoms with Crippen molar-refractivity contribution in [3.8, 4) is 0 Å². The van der Waals surface area contributed by atoms with E-state index in [-0.39, 0.29) is 0 Å². The molecule has 3 atom stereocenters. The topological polar surface area (TPSA) is 33.3 Å². The van der Waals surface area contributed by atoms with E-state index in [0.717, 1.165) is 26.2 Å². The molecule has 1 aliphatic heterocycles. The third-order valence-corrected chi connectivity index (χ3v) is 3.75. The average Bonchev–Trinajstić information content (AvgIpc) is 2.40. The summed E-state index contributed by atoms with van der Waals surface area (Å²) in [5, 5.41) is 7.17.